The van der Waals surface area contributed by atoms with E-state index in [1.165, 1.54) is 21.5 Å². The molecule has 0 amide bonds. The number of aromatic nitrogens is 2. The lowest BCUT2D eigenvalue weighted by Gasteiger charge is -2.20. The summed E-state index contributed by atoms with van der Waals surface area (Å²) >= 11 is 0. The molecule has 2 aromatic heterocycles. The molecule has 9 rings (SSSR count). The van der Waals surface area contributed by atoms with E-state index in [9.17, 15) is 0 Å². The molecule has 0 aliphatic carbocycles. The van der Waals surface area contributed by atoms with Crippen molar-refractivity contribution < 1.29 is 4.57 Å². The molecule has 7 aromatic carbocycles. The van der Waals surface area contributed by atoms with Gasteiger partial charge in [0.2, 0.25) is 0 Å². The number of pyridine rings is 1. The van der Waals surface area contributed by atoms with Crippen LogP contribution in [-0.2, 0) is 4.57 Å². The first-order valence-corrected chi connectivity index (χ1v) is 16.9. The molecule has 45 heavy (non-hydrogen) atoms. The Morgan fingerprint density at radius 1 is 0.467 bits per heavy atom. The van der Waals surface area contributed by atoms with Crippen LogP contribution in [0.3, 0.4) is 0 Å². The van der Waals surface area contributed by atoms with Crippen molar-refractivity contribution in [2.75, 3.05) is 0 Å². The highest BCUT2D eigenvalue weighted by Gasteiger charge is 2.33. The zero-order valence-electron chi connectivity index (χ0n) is 24.3. The van der Waals surface area contributed by atoms with Crippen LogP contribution in [0.2, 0.25) is 0 Å². The molecule has 2 heterocycles. The Morgan fingerprint density at radius 2 is 1.09 bits per heavy atom. The predicted molar refractivity (Wildman–Crippen MR) is 190 cm³/mol. The van der Waals surface area contributed by atoms with Gasteiger partial charge in [0.05, 0.1) is 11.0 Å². The molecule has 0 aliphatic heterocycles. The molecule has 0 bridgehead atoms. The maximum absolute atomic E-state index is 15.8. The fraction of sp³-hybridized carbons (Fsp3) is 0. The second-order valence-electron chi connectivity index (χ2n) is 11.5. The molecule has 212 valence electrons. The van der Waals surface area contributed by atoms with Gasteiger partial charge < -0.3 is 4.57 Å². The summed E-state index contributed by atoms with van der Waals surface area (Å²) in [4.78, 5) is 5.37. The van der Waals surface area contributed by atoms with Crippen LogP contribution >= 0.6 is 7.14 Å². The Balaban J connectivity index is 1.38. The minimum atomic E-state index is -3.32. The fourth-order valence-corrected chi connectivity index (χ4v) is 9.72. The van der Waals surface area contributed by atoms with E-state index in [1.807, 2.05) is 72.8 Å². The molecule has 0 N–H and O–H groups in total. The standard InChI is InChI=1S/C41H27N2OP/c44-45(31-15-5-2-6-16-31,32-25-22-29(23-26-32)28-12-3-1-4-13-28)38-21-11-20-37-40(38)42-41-35-27-24-30-14-7-8-17-33(30)39(35)34-18-9-10-19-36(34)43(37)41/h1-27H. The maximum atomic E-state index is 15.8. The fourth-order valence-electron chi connectivity index (χ4n) is 6.95. The van der Waals surface area contributed by atoms with Gasteiger partial charge in [0.15, 0.2) is 7.14 Å². The lowest BCUT2D eigenvalue weighted by Crippen LogP contribution is -2.25. The summed E-state index contributed by atoms with van der Waals surface area (Å²) in [6, 6.07) is 56.0. The number of rotatable bonds is 4. The number of hydrogen-bond donors (Lipinski definition) is 0. The van der Waals surface area contributed by atoms with Crippen molar-refractivity contribution in [3.05, 3.63) is 164 Å². The lowest BCUT2D eigenvalue weighted by molar-refractivity contribution is 0.592. The van der Waals surface area contributed by atoms with Gasteiger partial charge in [-0.3, -0.25) is 4.40 Å². The predicted octanol–water partition coefficient (Wildman–Crippen LogP) is 9.25. The van der Waals surface area contributed by atoms with Crippen molar-refractivity contribution >= 4 is 72.2 Å². The van der Waals surface area contributed by atoms with E-state index in [4.69, 9.17) is 4.98 Å². The van der Waals surface area contributed by atoms with E-state index in [-0.39, 0.29) is 0 Å². The van der Waals surface area contributed by atoms with Crippen LogP contribution in [-0.4, -0.2) is 9.38 Å². The van der Waals surface area contributed by atoms with Gasteiger partial charge in [0.25, 0.3) is 0 Å². The van der Waals surface area contributed by atoms with Crippen LogP contribution in [0.1, 0.15) is 0 Å². The first-order valence-electron chi connectivity index (χ1n) is 15.2. The third-order valence-electron chi connectivity index (χ3n) is 9.05. The average molecular weight is 595 g/mol. The summed E-state index contributed by atoms with van der Waals surface area (Å²) in [5.74, 6) is 0. The van der Waals surface area contributed by atoms with Gasteiger partial charge in [-0.15, -0.1) is 0 Å². The van der Waals surface area contributed by atoms with Crippen LogP contribution in [0.25, 0.3) is 60.3 Å². The number of fused-ring (bicyclic) bond motifs is 10. The van der Waals surface area contributed by atoms with E-state index < -0.39 is 7.14 Å². The summed E-state index contributed by atoms with van der Waals surface area (Å²) in [7, 11) is -3.32. The molecule has 0 saturated heterocycles. The third kappa shape index (κ3) is 3.84. The molecule has 1 unspecified atom stereocenters. The molecule has 0 saturated carbocycles. The Hall–Kier alpha value is -5.50. The summed E-state index contributed by atoms with van der Waals surface area (Å²) < 4.78 is 18.1. The zero-order chi connectivity index (χ0) is 30.0. The van der Waals surface area contributed by atoms with Gasteiger partial charge in [0.1, 0.15) is 11.2 Å². The van der Waals surface area contributed by atoms with E-state index in [0.717, 1.165) is 54.6 Å². The van der Waals surface area contributed by atoms with Gasteiger partial charge >= 0.3 is 0 Å². The van der Waals surface area contributed by atoms with Gasteiger partial charge in [-0.05, 0) is 46.2 Å². The van der Waals surface area contributed by atoms with Crippen molar-refractivity contribution in [1.82, 2.24) is 9.38 Å². The van der Waals surface area contributed by atoms with Crippen LogP contribution < -0.4 is 15.9 Å². The monoisotopic (exact) mass is 594 g/mol. The normalized spacial score (nSPS) is 13.2. The average Bonchev–Trinajstić information content (AvgIpc) is 3.52. The molecular formula is C41H27N2OP. The number of para-hydroxylation sites is 2. The maximum Gasteiger partial charge on any atom is 0.173 e. The molecule has 0 fully saturated rings. The molecular weight excluding hydrogens is 567 g/mol. The largest absolute Gasteiger partial charge is 0.309 e. The first kappa shape index (κ1) is 25.9. The van der Waals surface area contributed by atoms with E-state index in [1.54, 1.807) is 0 Å². The molecule has 4 heteroatoms. The smallest absolute Gasteiger partial charge is 0.173 e. The second-order valence-corrected chi connectivity index (χ2v) is 14.2. The Morgan fingerprint density at radius 3 is 1.89 bits per heavy atom. The molecule has 9 aromatic rings. The highest BCUT2D eigenvalue weighted by Crippen LogP contribution is 2.45. The number of imidazole rings is 1. The molecule has 0 aliphatic rings. The Bertz CT molecular complexity index is 2610. The third-order valence-corrected chi connectivity index (χ3v) is 12.1. The van der Waals surface area contributed by atoms with Crippen molar-refractivity contribution in [1.29, 1.82) is 0 Å². The van der Waals surface area contributed by atoms with Crippen molar-refractivity contribution in [2.24, 2.45) is 0 Å². The highest BCUT2D eigenvalue weighted by molar-refractivity contribution is 7.85. The lowest BCUT2D eigenvalue weighted by atomic mass is 9.99. The van der Waals surface area contributed by atoms with Crippen LogP contribution in [0.4, 0.5) is 0 Å². The van der Waals surface area contributed by atoms with Crippen LogP contribution in [0, 0.1) is 0 Å². The van der Waals surface area contributed by atoms with Crippen LogP contribution in [0.5, 0.6) is 0 Å². The Labute approximate surface area is 260 Å². The molecule has 1 atom stereocenters. The summed E-state index contributed by atoms with van der Waals surface area (Å²) in [6.45, 7) is 0. The summed E-state index contributed by atoms with van der Waals surface area (Å²) in [6.07, 6.45) is 0. The number of benzene rings is 7. The van der Waals surface area contributed by atoms with Gasteiger partial charge in [-0.1, -0.05) is 140 Å². The molecule has 3 nitrogen and oxygen atoms in total. The first-order chi connectivity index (χ1) is 22.2. The molecule has 0 spiro atoms. The minimum absolute atomic E-state index is 0.750. The Kier molecular flexibility index (Phi) is 5.78. The van der Waals surface area contributed by atoms with E-state index in [2.05, 4.69) is 95.4 Å². The van der Waals surface area contributed by atoms with Crippen molar-refractivity contribution in [2.45, 2.75) is 0 Å². The summed E-state index contributed by atoms with van der Waals surface area (Å²) in [5.41, 5.74) is 5.89. The number of nitrogens with zero attached hydrogens (tertiary/aromatic N) is 2. The highest BCUT2D eigenvalue weighted by atomic mass is 31.2. The van der Waals surface area contributed by atoms with Gasteiger partial charge in [-0.25, -0.2) is 4.98 Å². The van der Waals surface area contributed by atoms with E-state index in [0.29, 0.717) is 0 Å². The summed E-state index contributed by atoms with van der Waals surface area (Å²) in [5, 5.41) is 8.18. The second kappa shape index (κ2) is 10.0. The minimum Gasteiger partial charge on any atom is -0.309 e. The molecule has 0 radical (unpaired) electrons. The zero-order valence-corrected chi connectivity index (χ0v) is 25.2. The quantitative estimate of drug-likeness (QED) is 0.150. The van der Waals surface area contributed by atoms with Crippen molar-refractivity contribution in [3.8, 4) is 11.1 Å². The van der Waals surface area contributed by atoms with Gasteiger partial charge in [0, 0.05) is 32.1 Å². The number of hydrogen-bond acceptors (Lipinski definition) is 2. The van der Waals surface area contributed by atoms with Crippen LogP contribution in [0.15, 0.2) is 164 Å². The van der Waals surface area contributed by atoms with E-state index >= 15 is 4.57 Å². The topological polar surface area (TPSA) is 34.4 Å². The van der Waals surface area contributed by atoms with Gasteiger partial charge in [-0.2, -0.15) is 0 Å². The van der Waals surface area contributed by atoms with Crippen molar-refractivity contribution in [3.63, 3.8) is 0 Å². The SMILES string of the molecule is O=P(c1ccccc1)(c1ccc(-c2ccccc2)cc1)c1cccc2c1nc1c3ccc4ccccc4c3c3ccccc3n21.